The smallest absolute Gasteiger partial charge is 0.339 e. The number of amides is 2. The molecule has 0 spiro atoms. The number of anilines is 1. The Morgan fingerprint density at radius 1 is 0.977 bits per heavy atom. The van der Waals surface area contributed by atoms with Gasteiger partial charge in [-0.15, -0.1) is 0 Å². The van der Waals surface area contributed by atoms with E-state index >= 15 is 0 Å². The molecule has 1 aromatic heterocycles. The van der Waals surface area contributed by atoms with Gasteiger partial charge < -0.3 is 24.3 Å². The Morgan fingerprint density at radius 2 is 1.82 bits per heavy atom. The summed E-state index contributed by atoms with van der Waals surface area (Å²) in [6, 6.07) is 11.4. The first kappa shape index (κ1) is 30.6. The zero-order chi connectivity index (χ0) is 30.9. The first-order valence-electron chi connectivity index (χ1n) is 13.8. The second-order valence-electron chi connectivity index (χ2n) is 9.73. The fraction of sp³-hybridized carbons (Fsp3) is 0.258. The maximum atomic E-state index is 15.0. The second-order valence-corrected chi connectivity index (χ2v) is 9.73. The number of halogens is 3. The summed E-state index contributed by atoms with van der Waals surface area (Å²) in [5.41, 5.74) is 3.11. The van der Waals surface area contributed by atoms with E-state index in [1.54, 1.807) is 24.4 Å². The number of hydrogen-bond donors (Lipinski definition) is 2. The van der Waals surface area contributed by atoms with Gasteiger partial charge in [0, 0.05) is 49.0 Å². The number of ether oxygens (including phenoxy) is 4. The standard InChI is InChI=1S/C31H30F3N5O5/c1-41-29-17-22-26(18-30(29)43-12-2-9-39-10-13-42-14-11-39)35-8-7-27(22)44-28-6-4-21(16-25(28)34)37-31(40)38-36-19-20-3-5-23(32)24(33)15-20/h3-8,15-19H,2,9-14H2,1H3,(H2,37,38,40)/b36-19+. The molecule has 44 heavy (non-hydrogen) atoms. The zero-order valence-corrected chi connectivity index (χ0v) is 23.8. The Morgan fingerprint density at radius 3 is 2.59 bits per heavy atom. The van der Waals surface area contributed by atoms with Crippen molar-refractivity contribution in [3.63, 3.8) is 0 Å². The first-order chi connectivity index (χ1) is 21.4. The summed E-state index contributed by atoms with van der Waals surface area (Å²) in [5.74, 6) is -1.48. The largest absolute Gasteiger partial charge is 0.493 e. The topological polar surface area (TPSA) is 107 Å². The van der Waals surface area contributed by atoms with Crippen molar-refractivity contribution in [1.82, 2.24) is 15.3 Å². The van der Waals surface area contributed by atoms with Gasteiger partial charge in [0.15, 0.2) is 34.7 Å². The van der Waals surface area contributed by atoms with Gasteiger partial charge in [-0.05, 0) is 48.4 Å². The molecule has 230 valence electrons. The van der Waals surface area contributed by atoms with Crippen molar-refractivity contribution in [2.75, 3.05) is 51.9 Å². The van der Waals surface area contributed by atoms with Crippen molar-refractivity contribution in [3.05, 3.63) is 83.8 Å². The Labute approximate surface area is 251 Å². The third kappa shape index (κ3) is 7.94. The van der Waals surface area contributed by atoms with Crippen LogP contribution < -0.4 is 25.0 Å². The zero-order valence-electron chi connectivity index (χ0n) is 23.8. The summed E-state index contributed by atoms with van der Waals surface area (Å²) in [6.07, 6.45) is 3.52. The Balaban J connectivity index is 1.20. The molecule has 0 saturated carbocycles. The Hall–Kier alpha value is -4.88. The van der Waals surface area contributed by atoms with Crippen LogP contribution in [-0.2, 0) is 4.74 Å². The molecule has 10 nitrogen and oxygen atoms in total. The van der Waals surface area contributed by atoms with E-state index in [0.717, 1.165) is 63.7 Å². The molecule has 0 radical (unpaired) electrons. The van der Waals surface area contributed by atoms with Gasteiger partial charge in [0.25, 0.3) is 0 Å². The molecule has 0 bridgehead atoms. The van der Waals surface area contributed by atoms with Crippen LogP contribution in [0.2, 0.25) is 0 Å². The lowest BCUT2D eigenvalue weighted by Crippen LogP contribution is -2.37. The van der Waals surface area contributed by atoms with E-state index in [0.29, 0.717) is 34.8 Å². The van der Waals surface area contributed by atoms with Crippen molar-refractivity contribution >= 4 is 28.8 Å². The van der Waals surface area contributed by atoms with E-state index in [1.807, 2.05) is 0 Å². The number of nitrogens with zero attached hydrogens (tertiary/aromatic N) is 3. The van der Waals surface area contributed by atoms with Gasteiger partial charge >= 0.3 is 6.03 Å². The van der Waals surface area contributed by atoms with Gasteiger partial charge in [0.1, 0.15) is 5.75 Å². The molecule has 2 N–H and O–H groups in total. The molecule has 13 heteroatoms. The molecule has 5 rings (SSSR count). The molecule has 2 heterocycles. The quantitative estimate of drug-likeness (QED) is 0.128. The number of morpholine rings is 1. The average Bonchev–Trinajstić information content (AvgIpc) is 3.02. The number of nitrogens with one attached hydrogen (secondary N) is 2. The van der Waals surface area contributed by atoms with Crippen molar-refractivity contribution in [2.45, 2.75) is 6.42 Å². The number of benzene rings is 3. The van der Waals surface area contributed by atoms with Gasteiger partial charge in [-0.25, -0.2) is 23.4 Å². The monoisotopic (exact) mass is 609 g/mol. The van der Waals surface area contributed by atoms with Crippen LogP contribution in [0.3, 0.4) is 0 Å². The third-order valence-corrected chi connectivity index (χ3v) is 6.70. The highest BCUT2D eigenvalue weighted by atomic mass is 19.2. The molecule has 0 atom stereocenters. The number of aromatic nitrogens is 1. The van der Waals surface area contributed by atoms with Crippen molar-refractivity contribution in [2.24, 2.45) is 5.10 Å². The lowest BCUT2D eigenvalue weighted by atomic mass is 10.1. The predicted octanol–water partition coefficient (Wildman–Crippen LogP) is 5.71. The number of fused-ring (bicyclic) bond motifs is 1. The Kier molecular flexibility index (Phi) is 10.1. The van der Waals surface area contributed by atoms with E-state index in [9.17, 15) is 18.0 Å². The molecular formula is C31H30F3N5O5. The first-order valence-corrected chi connectivity index (χ1v) is 13.8. The number of rotatable bonds is 11. The molecule has 2 amide bonds. The van der Waals surface area contributed by atoms with E-state index < -0.39 is 23.5 Å². The normalized spacial score (nSPS) is 13.6. The molecule has 1 fully saturated rings. The fourth-order valence-corrected chi connectivity index (χ4v) is 4.48. The van der Waals surface area contributed by atoms with E-state index in [-0.39, 0.29) is 17.0 Å². The highest BCUT2D eigenvalue weighted by molar-refractivity contribution is 5.91. The molecule has 1 saturated heterocycles. The van der Waals surface area contributed by atoms with Crippen molar-refractivity contribution in [3.8, 4) is 23.0 Å². The van der Waals surface area contributed by atoms with Crippen LogP contribution in [0.15, 0.2) is 65.9 Å². The molecule has 0 unspecified atom stereocenters. The van der Waals surface area contributed by atoms with Crippen LogP contribution in [0.25, 0.3) is 10.9 Å². The highest BCUT2D eigenvalue weighted by Gasteiger charge is 2.15. The third-order valence-electron chi connectivity index (χ3n) is 6.70. The number of hydrogen-bond acceptors (Lipinski definition) is 8. The molecule has 4 aromatic rings. The van der Waals surface area contributed by atoms with Crippen molar-refractivity contribution in [1.29, 1.82) is 0 Å². The van der Waals surface area contributed by atoms with Crippen LogP contribution in [0.5, 0.6) is 23.0 Å². The number of hydrazone groups is 1. The van der Waals surface area contributed by atoms with Crippen LogP contribution in [0.4, 0.5) is 23.7 Å². The van der Waals surface area contributed by atoms with Gasteiger partial charge in [0.2, 0.25) is 0 Å². The molecule has 1 aliphatic rings. The van der Waals surface area contributed by atoms with E-state index in [4.69, 9.17) is 18.9 Å². The highest BCUT2D eigenvalue weighted by Crippen LogP contribution is 2.38. The average molecular weight is 610 g/mol. The number of methoxy groups -OCH3 is 1. The minimum atomic E-state index is -1.04. The van der Waals surface area contributed by atoms with Crippen LogP contribution in [0, 0.1) is 17.5 Å². The summed E-state index contributed by atoms with van der Waals surface area (Å²) in [4.78, 5) is 18.9. The maximum Gasteiger partial charge on any atom is 0.339 e. The van der Waals surface area contributed by atoms with Crippen LogP contribution in [0.1, 0.15) is 12.0 Å². The van der Waals surface area contributed by atoms with Crippen molar-refractivity contribution < 1.29 is 36.9 Å². The molecule has 0 aliphatic carbocycles. The summed E-state index contributed by atoms with van der Waals surface area (Å²) < 4.78 is 64.1. The maximum absolute atomic E-state index is 15.0. The summed E-state index contributed by atoms with van der Waals surface area (Å²) in [5, 5.41) is 6.68. The second kappa shape index (κ2) is 14.5. The summed E-state index contributed by atoms with van der Waals surface area (Å²) in [7, 11) is 1.54. The number of urea groups is 1. The SMILES string of the molecule is COc1cc2c(Oc3ccc(NC(=O)N/N=C/c4ccc(F)c(F)c4)cc3F)ccnc2cc1OCCCN1CCOCC1. The number of pyridine rings is 1. The molecule has 1 aliphatic heterocycles. The molecular weight excluding hydrogens is 579 g/mol. The van der Waals surface area contributed by atoms with E-state index in [2.05, 4.69) is 25.7 Å². The minimum Gasteiger partial charge on any atom is -0.493 e. The summed E-state index contributed by atoms with van der Waals surface area (Å²) in [6.45, 7) is 4.74. The lowest BCUT2D eigenvalue weighted by molar-refractivity contribution is 0.0357. The summed E-state index contributed by atoms with van der Waals surface area (Å²) >= 11 is 0. The predicted molar refractivity (Wildman–Crippen MR) is 158 cm³/mol. The minimum absolute atomic E-state index is 0.0813. The van der Waals surface area contributed by atoms with E-state index in [1.165, 1.54) is 25.3 Å². The van der Waals surface area contributed by atoms with Gasteiger partial charge in [-0.1, -0.05) is 6.07 Å². The van der Waals surface area contributed by atoms with Crippen LogP contribution >= 0.6 is 0 Å². The Bertz CT molecular complexity index is 1650. The number of carbonyl (C=O) groups is 1. The lowest BCUT2D eigenvalue weighted by Gasteiger charge is -2.26. The van der Waals surface area contributed by atoms with Gasteiger partial charge in [-0.3, -0.25) is 9.88 Å². The number of carbonyl (C=O) groups excluding carboxylic acids is 1. The fourth-order valence-electron chi connectivity index (χ4n) is 4.48. The van der Waals surface area contributed by atoms with Gasteiger partial charge in [-0.2, -0.15) is 5.10 Å². The molecule has 3 aromatic carbocycles. The van der Waals surface area contributed by atoms with Gasteiger partial charge in [0.05, 0.1) is 38.7 Å². The van der Waals surface area contributed by atoms with Crippen LogP contribution in [-0.4, -0.2) is 68.7 Å².